The SMILES string of the molecule is C=C.C=C.C=C.C=C.C=C.C=C.CCCCCCOCC.OCCO. The summed E-state index contributed by atoms with van der Waals surface area (Å²) in [6.45, 7) is 41.8. The third kappa shape index (κ3) is 326. The molecule has 154 valence electrons. The molecule has 0 aromatic heterocycles. The van der Waals surface area contributed by atoms with Crippen molar-refractivity contribution in [2.75, 3.05) is 26.4 Å². The summed E-state index contributed by atoms with van der Waals surface area (Å²) in [7, 11) is 0. The molecule has 0 spiro atoms. The van der Waals surface area contributed by atoms with Crippen molar-refractivity contribution in [3.63, 3.8) is 0 Å². The number of ether oxygens (including phenoxy) is 1. The molecule has 0 radical (unpaired) electrons. The van der Waals surface area contributed by atoms with Gasteiger partial charge in [-0.3, -0.25) is 0 Å². The van der Waals surface area contributed by atoms with Crippen LogP contribution < -0.4 is 0 Å². The van der Waals surface area contributed by atoms with Crippen molar-refractivity contribution in [1.82, 2.24) is 0 Å². The van der Waals surface area contributed by atoms with Gasteiger partial charge in [0.05, 0.1) is 13.2 Å². The molecule has 0 saturated carbocycles. The Labute approximate surface area is 160 Å². The average molecular weight is 361 g/mol. The molecule has 0 amide bonds. The molecule has 0 rings (SSSR count). The first-order valence-corrected chi connectivity index (χ1v) is 8.12. The Kier molecular flexibility index (Phi) is 375. The van der Waals surface area contributed by atoms with Crippen molar-refractivity contribution in [3.8, 4) is 0 Å². The Morgan fingerprint density at radius 2 is 0.880 bits per heavy atom. The predicted molar refractivity (Wildman–Crippen MR) is 122 cm³/mol. The predicted octanol–water partition coefficient (Wildman–Crippen LogP) is 6.39. The van der Waals surface area contributed by atoms with Crippen molar-refractivity contribution in [1.29, 1.82) is 0 Å². The highest BCUT2D eigenvalue weighted by molar-refractivity contribution is 4.38. The van der Waals surface area contributed by atoms with Crippen LogP contribution in [-0.2, 0) is 4.74 Å². The molecular formula is C22H48O3. The van der Waals surface area contributed by atoms with Gasteiger partial charge in [0.25, 0.3) is 0 Å². The maximum atomic E-state index is 7.62. The Hall–Kier alpha value is -1.68. The number of hydrogen-bond acceptors (Lipinski definition) is 3. The van der Waals surface area contributed by atoms with Crippen molar-refractivity contribution in [2.45, 2.75) is 39.5 Å². The van der Waals surface area contributed by atoms with Crippen molar-refractivity contribution >= 4 is 0 Å². The van der Waals surface area contributed by atoms with Crippen LogP contribution in [0, 0.1) is 0 Å². The summed E-state index contributed by atoms with van der Waals surface area (Å²) in [6, 6.07) is 0. The maximum absolute atomic E-state index is 7.62. The molecule has 0 atom stereocenters. The molecule has 0 aliphatic rings. The summed E-state index contributed by atoms with van der Waals surface area (Å²) in [4.78, 5) is 0. The van der Waals surface area contributed by atoms with E-state index in [0.717, 1.165) is 13.2 Å². The maximum Gasteiger partial charge on any atom is 0.0662 e. The molecule has 0 aliphatic heterocycles. The van der Waals surface area contributed by atoms with Crippen molar-refractivity contribution in [3.05, 3.63) is 78.9 Å². The first kappa shape index (κ1) is 49.5. The lowest BCUT2D eigenvalue weighted by atomic mass is 10.2. The van der Waals surface area contributed by atoms with E-state index in [1.807, 2.05) is 6.92 Å². The summed E-state index contributed by atoms with van der Waals surface area (Å²) >= 11 is 0. The van der Waals surface area contributed by atoms with Crippen LogP contribution >= 0.6 is 0 Å². The topological polar surface area (TPSA) is 49.7 Å². The summed E-state index contributed by atoms with van der Waals surface area (Å²) < 4.78 is 5.18. The second-order valence-corrected chi connectivity index (χ2v) is 2.70. The zero-order valence-electron chi connectivity index (χ0n) is 17.4. The number of unbranched alkanes of at least 4 members (excludes halogenated alkanes) is 3. The lowest BCUT2D eigenvalue weighted by Crippen LogP contribution is -1.92. The van der Waals surface area contributed by atoms with Crippen LogP contribution in [0.3, 0.4) is 0 Å². The van der Waals surface area contributed by atoms with Crippen LogP contribution in [-0.4, -0.2) is 36.6 Å². The van der Waals surface area contributed by atoms with Gasteiger partial charge in [-0.25, -0.2) is 0 Å². The van der Waals surface area contributed by atoms with Crippen LogP contribution in [0.2, 0.25) is 0 Å². The molecule has 3 nitrogen and oxygen atoms in total. The fraction of sp³-hybridized carbons (Fsp3) is 0.455. The summed E-state index contributed by atoms with van der Waals surface area (Å²) in [6.07, 6.45) is 5.23. The average Bonchev–Trinajstić information content (AvgIpc) is 2.77. The minimum atomic E-state index is -0.125. The highest BCUT2D eigenvalue weighted by Crippen LogP contribution is 1.98. The van der Waals surface area contributed by atoms with Crippen LogP contribution in [0.5, 0.6) is 0 Å². The highest BCUT2D eigenvalue weighted by Gasteiger charge is 1.85. The second kappa shape index (κ2) is 189. The van der Waals surface area contributed by atoms with E-state index >= 15 is 0 Å². The normalized spacial score (nSPS) is 5.76. The van der Waals surface area contributed by atoms with Gasteiger partial charge < -0.3 is 14.9 Å². The molecule has 0 aliphatic carbocycles. The molecule has 0 aromatic rings. The largest absolute Gasteiger partial charge is 0.394 e. The molecule has 0 fully saturated rings. The molecular weight excluding hydrogens is 312 g/mol. The summed E-state index contributed by atoms with van der Waals surface area (Å²) in [5, 5.41) is 15.2. The lowest BCUT2D eigenvalue weighted by molar-refractivity contribution is 0.143. The van der Waals surface area contributed by atoms with Crippen molar-refractivity contribution < 1.29 is 14.9 Å². The van der Waals surface area contributed by atoms with Gasteiger partial charge in [-0.05, 0) is 13.3 Å². The van der Waals surface area contributed by atoms with Crippen LogP contribution in [0.4, 0.5) is 0 Å². The van der Waals surface area contributed by atoms with E-state index in [1.165, 1.54) is 25.7 Å². The lowest BCUT2D eigenvalue weighted by Gasteiger charge is -1.98. The Morgan fingerprint density at radius 1 is 0.560 bits per heavy atom. The third-order valence-corrected chi connectivity index (χ3v) is 1.45. The molecule has 3 heteroatoms. The first-order chi connectivity index (χ1) is 12.3. The number of aliphatic hydroxyl groups is 2. The van der Waals surface area contributed by atoms with Gasteiger partial charge in [-0.1, -0.05) is 26.2 Å². The van der Waals surface area contributed by atoms with E-state index in [1.54, 1.807) is 0 Å². The Morgan fingerprint density at radius 3 is 1.08 bits per heavy atom. The fourth-order valence-corrected chi connectivity index (χ4v) is 0.775. The second-order valence-electron chi connectivity index (χ2n) is 2.70. The monoisotopic (exact) mass is 360 g/mol. The number of hydrogen-bond donors (Lipinski definition) is 2. The van der Waals surface area contributed by atoms with E-state index in [9.17, 15) is 0 Å². The zero-order valence-corrected chi connectivity index (χ0v) is 17.4. The molecule has 0 unspecified atom stereocenters. The summed E-state index contributed by atoms with van der Waals surface area (Å²) in [5.74, 6) is 0. The molecule has 2 N–H and O–H groups in total. The number of aliphatic hydroxyl groups excluding tert-OH is 2. The number of rotatable bonds is 7. The Bertz CT molecular complexity index is 107. The molecule has 0 heterocycles. The first-order valence-electron chi connectivity index (χ1n) is 8.12. The van der Waals surface area contributed by atoms with Gasteiger partial charge in [-0.15, -0.1) is 78.9 Å². The molecule has 25 heavy (non-hydrogen) atoms. The van der Waals surface area contributed by atoms with Crippen LogP contribution in [0.25, 0.3) is 0 Å². The van der Waals surface area contributed by atoms with Crippen molar-refractivity contribution in [2.24, 2.45) is 0 Å². The van der Waals surface area contributed by atoms with Gasteiger partial charge >= 0.3 is 0 Å². The minimum absolute atomic E-state index is 0.125. The standard InChI is InChI=1S/C8H18O.C2H6O2.6C2H4/c1-3-5-6-7-8-9-4-2;3-1-2-4;6*1-2/h3-8H2,1-2H3;3-4H,1-2H2;6*1-2H2. The van der Waals surface area contributed by atoms with E-state index in [4.69, 9.17) is 14.9 Å². The zero-order chi connectivity index (χ0) is 22.4. The van der Waals surface area contributed by atoms with E-state index < -0.39 is 0 Å². The van der Waals surface area contributed by atoms with E-state index in [0.29, 0.717) is 0 Å². The molecule has 0 aromatic carbocycles. The highest BCUT2D eigenvalue weighted by atomic mass is 16.5. The Balaban J connectivity index is -0.0000000256. The van der Waals surface area contributed by atoms with Gasteiger partial charge in [-0.2, -0.15) is 0 Å². The van der Waals surface area contributed by atoms with Gasteiger partial charge in [0.2, 0.25) is 0 Å². The fourth-order valence-electron chi connectivity index (χ4n) is 0.775. The molecule has 0 saturated heterocycles. The van der Waals surface area contributed by atoms with Gasteiger partial charge in [0.1, 0.15) is 0 Å². The van der Waals surface area contributed by atoms with Crippen LogP contribution in [0.1, 0.15) is 39.5 Å². The van der Waals surface area contributed by atoms with Gasteiger partial charge in [0.15, 0.2) is 0 Å². The smallest absolute Gasteiger partial charge is 0.0662 e. The quantitative estimate of drug-likeness (QED) is 0.408. The third-order valence-electron chi connectivity index (χ3n) is 1.45. The summed E-state index contributed by atoms with van der Waals surface area (Å²) in [5.41, 5.74) is 0. The van der Waals surface area contributed by atoms with Crippen LogP contribution in [0.15, 0.2) is 78.9 Å². The molecule has 0 bridgehead atoms. The minimum Gasteiger partial charge on any atom is -0.394 e. The van der Waals surface area contributed by atoms with E-state index in [2.05, 4.69) is 85.9 Å². The van der Waals surface area contributed by atoms with E-state index in [-0.39, 0.29) is 13.2 Å². The van der Waals surface area contributed by atoms with Gasteiger partial charge in [0, 0.05) is 13.2 Å².